The van der Waals surface area contributed by atoms with Gasteiger partial charge in [0.25, 0.3) is 0 Å². The molecule has 2 unspecified atom stereocenters. The number of alkyl carbamates (subject to hydrolysis) is 1. The molecule has 0 spiro atoms. The molecule has 1 saturated carbocycles. The van der Waals surface area contributed by atoms with Crippen molar-refractivity contribution in [3.63, 3.8) is 0 Å². The first-order chi connectivity index (χ1) is 15.8. The molecule has 0 heterocycles. The molecule has 33 heavy (non-hydrogen) atoms. The van der Waals surface area contributed by atoms with Crippen LogP contribution in [0.4, 0.5) is 4.79 Å². The van der Waals surface area contributed by atoms with Crippen LogP contribution in [0.3, 0.4) is 0 Å². The van der Waals surface area contributed by atoms with Crippen molar-refractivity contribution in [1.82, 2.24) is 10.6 Å². The van der Waals surface area contributed by atoms with Gasteiger partial charge in [-0.05, 0) is 55.4 Å². The van der Waals surface area contributed by atoms with Crippen LogP contribution in [0.15, 0.2) is 48.5 Å². The van der Waals surface area contributed by atoms with Crippen molar-refractivity contribution in [3.8, 4) is 11.1 Å². The van der Waals surface area contributed by atoms with Gasteiger partial charge >= 0.3 is 12.1 Å². The average Bonchev–Trinajstić information content (AvgIpc) is 3.39. The van der Waals surface area contributed by atoms with Gasteiger partial charge in [-0.2, -0.15) is 0 Å². The highest BCUT2D eigenvalue weighted by Gasteiger charge is 2.35. The molecular formula is C26H30N2O5. The van der Waals surface area contributed by atoms with Gasteiger partial charge in [0.15, 0.2) is 0 Å². The van der Waals surface area contributed by atoms with Gasteiger partial charge in [0.05, 0.1) is 11.3 Å². The SMILES string of the molecule is CC(C)(CNC(=O)OCC1c2ccccc2-c2ccccc21)C(=O)NC1CCC(C(=O)O)C1. The number of amides is 2. The summed E-state index contributed by atoms with van der Waals surface area (Å²) >= 11 is 0. The summed E-state index contributed by atoms with van der Waals surface area (Å²) < 4.78 is 5.54. The van der Waals surface area contributed by atoms with Crippen molar-refractivity contribution < 1.29 is 24.2 Å². The topological polar surface area (TPSA) is 105 Å². The Kier molecular flexibility index (Phi) is 6.40. The number of carbonyl (C=O) groups is 3. The first-order valence-electron chi connectivity index (χ1n) is 11.4. The number of hydrogen-bond donors (Lipinski definition) is 3. The summed E-state index contributed by atoms with van der Waals surface area (Å²) in [4.78, 5) is 36.3. The monoisotopic (exact) mass is 450 g/mol. The van der Waals surface area contributed by atoms with Crippen LogP contribution in [0, 0.1) is 11.3 Å². The van der Waals surface area contributed by atoms with E-state index in [1.54, 1.807) is 13.8 Å². The van der Waals surface area contributed by atoms with Gasteiger partial charge in [-0.25, -0.2) is 4.79 Å². The number of nitrogens with one attached hydrogen (secondary N) is 2. The smallest absolute Gasteiger partial charge is 0.407 e. The molecule has 2 aromatic rings. The lowest BCUT2D eigenvalue weighted by atomic mass is 9.91. The lowest BCUT2D eigenvalue weighted by molar-refractivity contribution is -0.141. The maximum atomic E-state index is 12.7. The molecule has 2 aliphatic carbocycles. The summed E-state index contributed by atoms with van der Waals surface area (Å²) in [6.45, 7) is 3.82. The molecule has 3 N–H and O–H groups in total. The number of benzene rings is 2. The standard InChI is InChI=1S/C26H30N2O5/c1-26(2,24(31)28-17-12-11-16(13-17)23(29)30)15-27-25(32)33-14-22-20-9-5-3-7-18(20)19-8-4-6-10-21(19)22/h3-10,16-17,22H,11-15H2,1-2H3,(H,27,32)(H,28,31)(H,29,30). The summed E-state index contributed by atoms with van der Waals surface area (Å²) in [5.74, 6) is -1.46. The first-order valence-corrected chi connectivity index (χ1v) is 11.4. The van der Waals surface area contributed by atoms with Gasteiger partial charge in [-0.15, -0.1) is 0 Å². The molecule has 1 fully saturated rings. The van der Waals surface area contributed by atoms with Crippen LogP contribution in [0.1, 0.15) is 50.2 Å². The Bertz CT molecular complexity index is 1020. The van der Waals surface area contributed by atoms with E-state index in [0.29, 0.717) is 19.3 Å². The number of hydrogen-bond acceptors (Lipinski definition) is 4. The minimum absolute atomic E-state index is 0.0241. The van der Waals surface area contributed by atoms with E-state index in [2.05, 4.69) is 34.9 Å². The average molecular weight is 451 g/mol. The van der Waals surface area contributed by atoms with Gasteiger partial charge in [0.2, 0.25) is 5.91 Å². The Morgan fingerprint density at radius 3 is 2.18 bits per heavy atom. The second-order valence-electron chi connectivity index (χ2n) is 9.58. The Labute approximate surface area is 193 Å². The quantitative estimate of drug-likeness (QED) is 0.593. The fourth-order valence-corrected chi connectivity index (χ4v) is 4.74. The molecule has 2 aromatic carbocycles. The molecule has 174 valence electrons. The molecule has 0 radical (unpaired) electrons. The summed E-state index contributed by atoms with van der Waals surface area (Å²) in [5, 5.41) is 14.8. The van der Waals surface area contributed by atoms with Gasteiger partial charge in [0, 0.05) is 18.5 Å². The number of ether oxygens (including phenoxy) is 1. The molecule has 2 aliphatic rings. The zero-order chi connectivity index (χ0) is 23.6. The molecular weight excluding hydrogens is 420 g/mol. The third kappa shape index (κ3) is 4.87. The lowest BCUT2D eigenvalue weighted by Crippen LogP contribution is -2.47. The molecule has 0 aromatic heterocycles. The van der Waals surface area contributed by atoms with E-state index in [-0.39, 0.29) is 31.0 Å². The fourth-order valence-electron chi connectivity index (χ4n) is 4.74. The first kappa shape index (κ1) is 22.8. The van der Waals surface area contributed by atoms with E-state index in [0.717, 1.165) is 22.3 Å². The highest BCUT2D eigenvalue weighted by atomic mass is 16.5. The number of carbonyl (C=O) groups excluding carboxylic acids is 2. The van der Waals surface area contributed by atoms with E-state index in [1.165, 1.54) is 0 Å². The van der Waals surface area contributed by atoms with E-state index in [9.17, 15) is 14.4 Å². The maximum absolute atomic E-state index is 12.7. The number of aliphatic carboxylic acids is 1. The summed E-state index contributed by atoms with van der Waals surface area (Å²) in [6, 6.07) is 16.1. The molecule has 2 amide bonds. The van der Waals surface area contributed by atoms with E-state index < -0.39 is 23.4 Å². The molecule has 0 aliphatic heterocycles. The van der Waals surface area contributed by atoms with Crippen LogP contribution >= 0.6 is 0 Å². The van der Waals surface area contributed by atoms with Crippen LogP contribution in [-0.4, -0.2) is 42.3 Å². The van der Waals surface area contributed by atoms with Gasteiger partial charge in [-0.1, -0.05) is 48.5 Å². The van der Waals surface area contributed by atoms with Crippen molar-refractivity contribution in [2.45, 2.75) is 45.1 Å². The van der Waals surface area contributed by atoms with Crippen molar-refractivity contribution in [2.75, 3.05) is 13.2 Å². The molecule has 4 rings (SSSR count). The zero-order valence-electron chi connectivity index (χ0n) is 19.0. The predicted octanol–water partition coefficient (Wildman–Crippen LogP) is 3.92. The Hall–Kier alpha value is -3.35. The fraction of sp³-hybridized carbons (Fsp3) is 0.423. The van der Waals surface area contributed by atoms with Crippen molar-refractivity contribution in [2.24, 2.45) is 11.3 Å². The Morgan fingerprint density at radius 2 is 1.61 bits per heavy atom. The van der Waals surface area contributed by atoms with Crippen LogP contribution in [0.2, 0.25) is 0 Å². The van der Waals surface area contributed by atoms with Crippen molar-refractivity contribution in [3.05, 3.63) is 59.7 Å². The second-order valence-corrected chi connectivity index (χ2v) is 9.58. The minimum atomic E-state index is -0.854. The summed E-state index contributed by atoms with van der Waals surface area (Å²) in [6.07, 6.45) is 1.10. The zero-order valence-corrected chi connectivity index (χ0v) is 19.0. The van der Waals surface area contributed by atoms with Crippen molar-refractivity contribution >= 4 is 18.0 Å². The lowest BCUT2D eigenvalue weighted by Gasteiger charge is -2.26. The highest BCUT2D eigenvalue weighted by molar-refractivity contribution is 5.83. The van der Waals surface area contributed by atoms with Gasteiger partial charge in [0.1, 0.15) is 6.61 Å². The third-order valence-electron chi connectivity index (χ3n) is 6.75. The number of carboxylic acids is 1. The summed E-state index contributed by atoms with van der Waals surface area (Å²) in [5.41, 5.74) is 3.76. The van der Waals surface area contributed by atoms with Crippen LogP contribution in [0.5, 0.6) is 0 Å². The predicted molar refractivity (Wildman–Crippen MR) is 124 cm³/mol. The molecule has 2 atom stereocenters. The van der Waals surface area contributed by atoms with E-state index in [1.807, 2.05) is 24.3 Å². The Balaban J connectivity index is 1.29. The van der Waals surface area contributed by atoms with E-state index in [4.69, 9.17) is 9.84 Å². The van der Waals surface area contributed by atoms with E-state index >= 15 is 0 Å². The second kappa shape index (κ2) is 9.25. The van der Waals surface area contributed by atoms with Gasteiger partial charge in [-0.3, -0.25) is 9.59 Å². The third-order valence-corrected chi connectivity index (χ3v) is 6.75. The largest absolute Gasteiger partial charge is 0.481 e. The number of rotatable bonds is 7. The number of carboxylic acid groups (broad SMARTS) is 1. The minimum Gasteiger partial charge on any atom is -0.481 e. The van der Waals surface area contributed by atoms with Crippen LogP contribution in [-0.2, 0) is 14.3 Å². The number of fused-ring (bicyclic) bond motifs is 3. The molecule has 7 nitrogen and oxygen atoms in total. The van der Waals surface area contributed by atoms with Crippen LogP contribution in [0.25, 0.3) is 11.1 Å². The normalized spacial score (nSPS) is 19.5. The maximum Gasteiger partial charge on any atom is 0.407 e. The van der Waals surface area contributed by atoms with Crippen molar-refractivity contribution in [1.29, 1.82) is 0 Å². The van der Waals surface area contributed by atoms with Gasteiger partial charge < -0.3 is 20.5 Å². The molecule has 0 saturated heterocycles. The molecule has 0 bridgehead atoms. The highest BCUT2D eigenvalue weighted by Crippen LogP contribution is 2.44. The molecule has 7 heteroatoms. The summed E-state index contributed by atoms with van der Waals surface area (Å²) in [7, 11) is 0. The Morgan fingerprint density at radius 1 is 1.00 bits per heavy atom. The van der Waals surface area contributed by atoms with Crippen LogP contribution < -0.4 is 10.6 Å².